The number of rotatable bonds is 5. The molecule has 0 spiro atoms. The van der Waals surface area contributed by atoms with Gasteiger partial charge in [0, 0.05) is 11.6 Å². The molecule has 4 heterocycles. The van der Waals surface area contributed by atoms with Crippen LogP contribution in [0, 0.1) is 11.9 Å². The Morgan fingerprint density at radius 1 is 0.684 bits per heavy atom. The summed E-state index contributed by atoms with van der Waals surface area (Å²) < 4.78 is 68.4. The van der Waals surface area contributed by atoms with Crippen molar-refractivity contribution in [3.8, 4) is 28.2 Å². The maximum atomic E-state index is 14.4. The van der Waals surface area contributed by atoms with Crippen LogP contribution >= 0.6 is 0 Å². The van der Waals surface area contributed by atoms with Gasteiger partial charge in [-0.1, -0.05) is 36.4 Å². The summed E-state index contributed by atoms with van der Waals surface area (Å²) in [5, 5.41) is 3.69. The summed E-state index contributed by atoms with van der Waals surface area (Å²) in [5.41, 5.74) is 0.937. The van der Waals surface area contributed by atoms with Gasteiger partial charge in [0.25, 0.3) is 0 Å². The van der Waals surface area contributed by atoms with Gasteiger partial charge in [0.2, 0.25) is 11.9 Å². The largest absolute Gasteiger partial charge is 0.435 e. The molecule has 38 heavy (non-hydrogen) atoms. The van der Waals surface area contributed by atoms with E-state index in [1.165, 1.54) is 12.3 Å². The van der Waals surface area contributed by atoms with E-state index >= 15 is 0 Å². The average Bonchev–Trinajstić information content (AvgIpc) is 3.40. The van der Waals surface area contributed by atoms with Gasteiger partial charge in [0.1, 0.15) is 0 Å². The second kappa shape index (κ2) is 9.44. The fourth-order valence-electron chi connectivity index (χ4n) is 4.02. The van der Waals surface area contributed by atoms with E-state index < -0.39 is 29.2 Å². The monoisotopic (exact) mass is 521 g/mol. The summed E-state index contributed by atoms with van der Waals surface area (Å²) in [6.07, 6.45) is -3.39. The molecule has 0 aliphatic rings. The first-order chi connectivity index (χ1) is 18.0. The quantitative estimate of drug-likeness (QED) is 0.184. The predicted molar refractivity (Wildman–Crippen MR) is 131 cm³/mol. The number of hydrogen-bond donors (Lipinski definition) is 0. The molecule has 1 aromatic carbocycles. The summed E-state index contributed by atoms with van der Waals surface area (Å²) in [5.74, 6) is -1.74. The van der Waals surface area contributed by atoms with Crippen molar-refractivity contribution in [3.63, 3.8) is 0 Å². The molecule has 5 aromatic rings. The summed E-state index contributed by atoms with van der Waals surface area (Å²) in [7, 11) is 0. The molecule has 0 bridgehead atoms. The minimum absolute atomic E-state index is 0.0342. The van der Waals surface area contributed by atoms with Gasteiger partial charge in [-0.15, -0.1) is 0 Å². The van der Waals surface area contributed by atoms with Crippen molar-refractivity contribution in [1.82, 2.24) is 24.7 Å². The molecular formula is C28H20F5N5. The van der Waals surface area contributed by atoms with Gasteiger partial charge in [-0.2, -0.15) is 32.0 Å². The zero-order valence-corrected chi connectivity index (χ0v) is 20.2. The molecule has 192 valence electrons. The van der Waals surface area contributed by atoms with Crippen LogP contribution in [0.1, 0.15) is 30.9 Å². The Morgan fingerprint density at radius 2 is 1.45 bits per heavy atom. The van der Waals surface area contributed by atoms with Crippen molar-refractivity contribution < 1.29 is 22.0 Å². The van der Waals surface area contributed by atoms with E-state index in [2.05, 4.69) is 20.1 Å². The normalized spacial score (nSPS) is 12.1. The predicted octanol–water partition coefficient (Wildman–Crippen LogP) is 7.01. The molecular weight excluding hydrogens is 501 g/mol. The number of aromatic nitrogens is 5. The van der Waals surface area contributed by atoms with E-state index in [0.717, 1.165) is 22.4 Å². The highest BCUT2D eigenvalue weighted by atomic mass is 19.4. The van der Waals surface area contributed by atoms with E-state index in [-0.39, 0.29) is 17.1 Å². The third kappa shape index (κ3) is 4.89. The molecule has 0 atom stereocenters. The molecule has 0 N–H and O–H groups in total. The number of alkyl halides is 3. The van der Waals surface area contributed by atoms with Gasteiger partial charge >= 0.3 is 6.18 Å². The lowest BCUT2D eigenvalue weighted by Gasteiger charge is -2.25. The molecule has 0 aliphatic carbocycles. The summed E-state index contributed by atoms with van der Waals surface area (Å²) in [4.78, 5) is 12.5. The fourth-order valence-corrected chi connectivity index (χ4v) is 4.02. The van der Waals surface area contributed by atoms with Gasteiger partial charge in [0.15, 0.2) is 11.5 Å². The van der Waals surface area contributed by atoms with Gasteiger partial charge < -0.3 is 0 Å². The van der Waals surface area contributed by atoms with Crippen molar-refractivity contribution in [3.05, 3.63) is 114 Å². The van der Waals surface area contributed by atoms with Crippen LogP contribution in [-0.4, -0.2) is 24.7 Å². The first-order valence-corrected chi connectivity index (χ1v) is 11.5. The molecule has 0 saturated carbocycles. The van der Waals surface area contributed by atoms with Crippen LogP contribution in [0.4, 0.5) is 22.0 Å². The highest BCUT2D eigenvalue weighted by Crippen LogP contribution is 2.35. The second-order valence-electron chi connectivity index (χ2n) is 9.11. The summed E-state index contributed by atoms with van der Waals surface area (Å²) >= 11 is 0. The Hall–Kier alpha value is -4.47. The molecule has 10 heteroatoms. The topological polar surface area (TPSA) is 56.5 Å². The molecule has 0 aliphatic heterocycles. The smallest absolute Gasteiger partial charge is 0.252 e. The van der Waals surface area contributed by atoms with E-state index in [4.69, 9.17) is 0 Å². The van der Waals surface area contributed by atoms with Gasteiger partial charge in [-0.25, -0.2) is 9.67 Å². The highest BCUT2D eigenvalue weighted by molar-refractivity contribution is 5.66. The molecule has 4 aromatic heterocycles. The Kier molecular flexibility index (Phi) is 6.26. The zero-order chi connectivity index (χ0) is 27.1. The van der Waals surface area contributed by atoms with Crippen LogP contribution in [0.25, 0.3) is 28.2 Å². The van der Waals surface area contributed by atoms with E-state index in [9.17, 15) is 22.0 Å². The van der Waals surface area contributed by atoms with Crippen LogP contribution < -0.4 is 0 Å². The SMILES string of the molecule is CC(C)(c1cccc(-c2ccc(F)nc2F)n1)c1cc(-c2ccccc2)cc(-n2ccc(C(F)(F)F)n2)n1. The van der Waals surface area contributed by atoms with Crippen molar-refractivity contribution >= 4 is 0 Å². The Morgan fingerprint density at radius 3 is 2.13 bits per heavy atom. The lowest BCUT2D eigenvalue weighted by Crippen LogP contribution is -2.23. The van der Waals surface area contributed by atoms with Crippen molar-refractivity contribution in [2.45, 2.75) is 25.4 Å². The number of hydrogen-bond acceptors (Lipinski definition) is 4. The van der Waals surface area contributed by atoms with E-state index in [1.807, 2.05) is 50.2 Å². The minimum Gasteiger partial charge on any atom is -0.252 e. The summed E-state index contributed by atoms with van der Waals surface area (Å²) in [6, 6.07) is 21.0. The number of nitrogens with zero attached hydrogens (tertiary/aromatic N) is 5. The Labute approximate surface area is 214 Å². The van der Waals surface area contributed by atoms with Crippen molar-refractivity contribution in [1.29, 1.82) is 0 Å². The first kappa shape index (κ1) is 25.2. The number of benzene rings is 1. The Balaban J connectivity index is 1.64. The van der Waals surface area contributed by atoms with Crippen LogP contribution in [0.15, 0.2) is 85.1 Å². The molecule has 0 unspecified atom stereocenters. The zero-order valence-electron chi connectivity index (χ0n) is 20.2. The lowest BCUT2D eigenvalue weighted by molar-refractivity contribution is -0.141. The molecule has 0 fully saturated rings. The third-order valence-electron chi connectivity index (χ3n) is 6.15. The van der Waals surface area contributed by atoms with Crippen LogP contribution in [0.3, 0.4) is 0 Å². The molecule has 5 rings (SSSR count). The molecule has 5 nitrogen and oxygen atoms in total. The molecule has 0 amide bonds. The van der Waals surface area contributed by atoms with Gasteiger partial charge in [0.05, 0.1) is 22.6 Å². The lowest BCUT2D eigenvalue weighted by atomic mass is 9.83. The van der Waals surface area contributed by atoms with Gasteiger partial charge in [-0.3, -0.25) is 4.98 Å². The minimum atomic E-state index is -4.60. The number of pyridine rings is 3. The standard InChI is InChI=1S/C28H20F5N5/c1-27(2,21-10-6-9-20(34-21)19-11-12-24(29)36-26(19)30)23-15-18(17-7-4-3-5-8-17)16-25(35-23)38-14-13-22(37-38)28(31,32)33/h3-16H,1-2H3. The third-order valence-corrected chi connectivity index (χ3v) is 6.15. The average molecular weight is 521 g/mol. The highest BCUT2D eigenvalue weighted by Gasteiger charge is 2.34. The number of halogens is 5. The van der Waals surface area contributed by atoms with Crippen molar-refractivity contribution in [2.24, 2.45) is 0 Å². The first-order valence-electron chi connectivity index (χ1n) is 11.5. The fraction of sp³-hybridized carbons (Fsp3) is 0.143. The Bertz CT molecular complexity index is 1610. The summed E-state index contributed by atoms with van der Waals surface area (Å²) in [6.45, 7) is 3.70. The maximum absolute atomic E-state index is 14.4. The molecule has 0 saturated heterocycles. The van der Waals surface area contributed by atoms with Crippen LogP contribution in [0.2, 0.25) is 0 Å². The van der Waals surface area contributed by atoms with Crippen molar-refractivity contribution in [2.75, 3.05) is 0 Å². The van der Waals surface area contributed by atoms with Crippen LogP contribution in [0.5, 0.6) is 0 Å². The van der Waals surface area contributed by atoms with E-state index in [1.54, 1.807) is 24.3 Å². The van der Waals surface area contributed by atoms with Crippen LogP contribution in [-0.2, 0) is 11.6 Å². The van der Waals surface area contributed by atoms with Gasteiger partial charge in [-0.05, 0) is 67.4 Å². The second-order valence-corrected chi connectivity index (χ2v) is 9.11. The van der Waals surface area contributed by atoms with E-state index in [0.29, 0.717) is 17.0 Å². The maximum Gasteiger partial charge on any atom is 0.435 e. The molecule has 0 radical (unpaired) electrons.